The van der Waals surface area contributed by atoms with Crippen LogP contribution in [-0.2, 0) is 6.54 Å². The van der Waals surface area contributed by atoms with Gasteiger partial charge in [-0.15, -0.1) is 0 Å². The van der Waals surface area contributed by atoms with Crippen LogP contribution in [0.5, 0.6) is 0 Å². The van der Waals surface area contributed by atoms with E-state index in [1.54, 1.807) is 17.0 Å². The van der Waals surface area contributed by atoms with Gasteiger partial charge in [-0.25, -0.2) is 4.39 Å². The number of nitrogens with zero attached hydrogens (tertiary/aromatic N) is 1. The molecular weight excluding hydrogens is 205 g/mol. The molecule has 0 saturated carbocycles. The van der Waals surface area contributed by atoms with Crippen LogP contribution in [0, 0.1) is 5.82 Å². The third-order valence-corrected chi connectivity index (χ3v) is 2.47. The van der Waals surface area contributed by atoms with E-state index in [0.29, 0.717) is 17.9 Å². The van der Waals surface area contributed by atoms with E-state index in [-0.39, 0.29) is 5.82 Å². The number of rotatable bonds is 3. The van der Waals surface area contributed by atoms with E-state index in [2.05, 4.69) is 4.98 Å². The van der Waals surface area contributed by atoms with Gasteiger partial charge in [-0.05, 0) is 24.3 Å². The number of H-pyrrole nitrogens is 1. The van der Waals surface area contributed by atoms with Crippen molar-refractivity contribution in [2.75, 3.05) is 17.7 Å². The molecule has 2 aromatic rings. The van der Waals surface area contributed by atoms with Crippen LogP contribution in [-0.4, -0.2) is 12.0 Å². The molecule has 3 N–H and O–H groups in total. The first-order valence-corrected chi connectivity index (χ1v) is 5.06. The van der Waals surface area contributed by atoms with Crippen molar-refractivity contribution in [2.24, 2.45) is 0 Å². The quantitative estimate of drug-likeness (QED) is 0.778. The molecule has 0 atom stereocenters. The first-order valence-electron chi connectivity index (χ1n) is 5.06. The Morgan fingerprint density at radius 1 is 1.31 bits per heavy atom. The van der Waals surface area contributed by atoms with E-state index in [0.717, 1.165) is 5.69 Å². The molecule has 2 rings (SSSR count). The number of nitrogens with two attached hydrogens (primary N) is 1. The normalized spacial score (nSPS) is 10.4. The Balaban J connectivity index is 2.24. The molecule has 84 valence electrons. The van der Waals surface area contributed by atoms with Gasteiger partial charge < -0.3 is 15.6 Å². The Labute approximate surface area is 93.7 Å². The SMILES string of the molecule is CN(Cc1ccc[nH]1)c1c(N)cccc1F. The van der Waals surface area contributed by atoms with Crippen LogP contribution in [0.2, 0.25) is 0 Å². The number of anilines is 2. The summed E-state index contributed by atoms with van der Waals surface area (Å²) in [7, 11) is 1.82. The molecule has 1 heterocycles. The topological polar surface area (TPSA) is 45.0 Å². The molecule has 4 heteroatoms. The van der Waals surface area contributed by atoms with Crippen LogP contribution in [0.15, 0.2) is 36.5 Å². The first-order chi connectivity index (χ1) is 7.68. The van der Waals surface area contributed by atoms with Gasteiger partial charge in [0.2, 0.25) is 0 Å². The maximum absolute atomic E-state index is 13.6. The van der Waals surface area contributed by atoms with Gasteiger partial charge in [0.1, 0.15) is 5.82 Å². The fourth-order valence-corrected chi connectivity index (χ4v) is 1.74. The van der Waals surface area contributed by atoms with Crippen LogP contribution in [0.3, 0.4) is 0 Å². The largest absolute Gasteiger partial charge is 0.397 e. The lowest BCUT2D eigenvalue weighted by molar-refractivity contribution is 0.622. The molecule has 16 heavy (non-hydrogen) atoms. The molecule has 1 aromatic carbocycles. The second-order valence-corrected chi connectivity index (χ2v) is 3.73. The molecule has 0 radical (unpaired) electrons. The summed E-state index contributed by atoms with van der Waals surface area (Å²) < 4.78 is 13.6. The van der Waals surface area contributed by atoms with Crippen molar-refractivity contribution in [1.29, 1.82) is 0 Å². The first kappa shape index (κ1) is 10.5. The van der Waals surface area contributed by atoms with Crippen molar-refractivity contribution in [2.45, 2.75) is 6.54 Å². The zero-order chi connectivity index (χ0) is 11.5. The zero-order valence-corrected chi connectivity index (χ0v) is 9.07. The Morgan fingerprint density at radius 2 is 2.12 bits per heavy atom. The van der Waals surface area contributed by atoms with Crippen molar-refractivity contribution in [3.63, 3.8) is 0 Å². The predicted octanol–water partition coefficient (Wildman–Crippen LogP) is 2.37. The smallest absolute Gasteiger partial charge is 0.148 e. The summed E-state index contributed by atoms with van der Waals surface area (Å²) in [5, 5.41) is 0. The third kappa shape index (κ3) is 2.00. The monoisotopic (exact) mass is 219 g/mol. The number of nitrogen functional groups attached to an aromatic ring is 1. The summed E-state index contributed by atoms with van der Waals surface area (Å²) in [6, 6.07) is 8.58. The van der Waals surface area contributed by atoms with Crippen molar-refractivity contribution < 1.29 is 4.39 Å². The average Bonchev–Trinajstić information content (AvgIpc) is 2.70. The van der Waals surface area contributed by atoms with E-state index >= 15 is 0 Å². The number of benzene rings is 1. The van der Waals surface area contributed by atoms with Gasteiger partial charge >= 0.3 is 0 Å². The van der Waals surface area contributed by atoms with Gasteiger partial charge in [0.05, 0.1) is 17.9 Å². The van der Waals surface area contributed by atoms with E-state index in [9.17, 15) is 4.39 Å². The maximum atomic E-state index is 13.6. The lowest BCUT2D eigenvalue weighted by atomic mass is 10.2. The van der Waals surface area contributed by atoms with Gasteiger partial charge in [0.15, 0.2) is 0 Å². The van der Waals surface area contributed by atoms with E-state index in [1.165, 1.54) is 6.07 Å². The summed E-state index contributed by atoms with van der Waals surface area (Å²) in [5.74, 6) is -0.297. The number of para-hydroxylation sites is 1. The molecule has 0 fully saturated rings. The predicted molar refractivity (Wildman–Crippen MR) is 63.7 cm³/mol. The van der Waals surface area contributed by atoms with Crippen molar-refractivity contribution in [3.05, 3.63) is 48.0 Å². The Morgan fingerprint density at radius 3 is 2.75 bits per heavy atom. The fraction of sp³-hybridized carbons (Fsp3) is 0.167. The highest BCUT2D eigenvalue weighted by Crippen LogP contribution is 2.26. The van der Waals surface area contributed by atoms with Crippen LogP contribution >= 0.6 is 0 Å². The highest BCUT2D eigenvalue weighted by Gasteiger charge is 2.11. The Bertz CT molecular complexity index is 445. The van der Waals surface area contributed by atoms with Gasteiger partial charge in [-0.3, -0.25) is 0 Å². The molecule has 0 aliphatic carbocycles. The summed E-state index contributed by atoms with van der Waals surface area (Å²) in [6.45, 7) is 0.595. The van der Waals surface area contributed by atoms with Crippen LogP contribution in [0.25, 0.3) is 0 Å². The highest BCUT2D eigenvalue weighted by molar-refractivity contribution is 5.67. The number of nitrogens with one attached hydrogen (secondary N) is 1. The number of hydrogen-bond acceptors (Lipinski definition) is 2. The third-order valence-electron chi connectivity index (χ3n) is 2.47. The van der Waals surface area contributed by atoms with Crippen LogP contribution < -0.4 is 10.6 Å². The fourth-order valence-electron chi connectivity index (χ4n) is 1.74. The number of aromatic amines is 1. The van der Waals surface area contributed by atoms with Gasteiger partial charge in [0, 0.05) is 18.9 Å². The Kier molecular flexibility index (Phi) is 2.81. The zero-order valence-electron chi connectivity index (χ0n) is 9.07. The van der Waals surface area contributed by atoms with Crippen molar-refractivity contribution in [1.82, 2.24) is 4.98 Å². The molecule has 1 aromatic heterocycles. The van der Waals surface area contributed by atoms with E-state index in [1.807, 2.05) is 25.4 Å². The molecule has 0 amide bonds. The van der Waals surface area contributed by atoms with Gasteiger partial charge in [0.25, 0.3) is 0 Å². The molecular formula is C12H14FN3. The van der Waals surface area contributed by atoms with Crippen LogP contribution in [0.1, 0.15) is 5.69 Å². The summed E-state index contributed by atoms with van der Waals surface area (Å²) >= 11 is 0. The molecule has 3 nitrogen and oxygen atoms in total. The van der Waals surface area contributed by atoms with Gasteiger partial charge in [-0.1, -0.05) is 6.07 Å². The lowest BCUT2D eigenvalue weighted by Crippen LogP contribution is -2.19. The van der Waals surface area contributed by atoms with Crippen LogP contribution in [0.4, 0.5) is 15.8 Å². The summed E-state index contributed by atoms with van der Waals surface area (Å²) in [5.41, 5.74) is 7.67. The highest BCUT2D eigenvalue weighted by atomic mass is 19.1. The molecule has 0 aliphatic rings. The molecule has 0 unspecified atom stereocenters. The average molecular weight is 219 g/mol. The molecule has 0 aliphatic heterocycles. The molecule has 0 saturated heterocycles. The second-order valence-electron chi connectivity index (χ2n) is 3.73. The minimum Gasteiger partial charge on any atom is -0.397 e. The Hall–Kier alpha value is -1.97. The number of halogens is 1. The number of hydrogen-bond donors (Lipinski definition) is 2. The second kappa shape index (κ2) is 4.26. The van der Waals surface area contributed by atoms with Crippen molar-refractivity contribution >= 4 is 11.4 Å². The standard InChI is InChI=1S/C12H14FN3/c1-16(8-9-4-3-7-15-9)12-10(13)5-2-6-11(12)14/h2-7,15H,8,14H2,1H3. The van der Waals surface area contributed by atoms with E-state index < -0.39 is 0 Å². The summed E-state index contributed by atoms with van der Waals surface area (Å²) in [4.78, 5) is 4.86. The van der Waals surface area contributed by atoms with Crippen molar-refractivity contribution in [3.8, 4) is 0 Å². The maximum Gasteiger partial charge on any atom is 0.148 e. The summed E-state index contributed by atoms with van der Waals surface area (Å²) in [6.07, 6.45) is 1.84. The van der Waals surface area contributed by atoms with E-state index in [4.69, 9.17) is 5.73 Å². The minimum absolute atomic E-state index is 0.297. The minimum atomic E-state index is -0.297. The molecule has 0 spiro atoms. The van der Waals surface area contributed by atoms with Gasteiger partial charge in [-0.2, -0.15) is 0 Å². The molecule has 0 bridgehead atoms. The lowest BCUT2D eigenvalue weighted by Gasteiger charge is -2.20. The number of aromatic nitrogens is 1.